The lowest BCUT2D eigenvalue weighted by Crippen LogP contribution is -2.31. The molecule has 0 bridgehead atoms. The summed E-state index contributed by atoms with van der Waals surface area (Å²) >= 11 is 4.97. The Balaban J connectivity index is 2.00. The molecule has 0 fully saturated rings. The van der Waals surface area contributed by atoms with Crippen LogP contribution in [0.5, 0.6) is 0 Å². The van der Waals surface area contributed by atoms with Crippen molar-refractivity contribution >= 4 is 22.9 Å². The first-order valence-electron chi connectivity index (χ1n) is 7.04. The second kappa shape index (κ2) is 6.68. The summed E-state index contributed by atoms with van der Waals surface area (Å²) in [5.74, 6) is 0. The van der Waals surface area contributed by atoms with Crippen LogP contribution >= 0.6 is 12.2 Å². The molecule has 1 aromatic heterocycles. The molecule has 1 aromatic carbocycles. The number of nitrogens with two attached hydrogens (primary N) is 1. The molecule has 0 amide bonds. The van der Waals surface area contributed by atoms with Gasteiger partial charge in [-0.05, 0) is 44.4 Å². The normalized spacial score (nSPS) is 11.1. The number of anilines is 1. The molecule has 3 nitrogen and oxygen atoms in total. The van der Waals surface area contributed by atoms with Crippen LogP contribution in [0.3, 0.4) is 0 Å². The molecule has 0 unspecified atom stereocenters. The minimum atomic E-state index is -0.0231. The largest absolute Gasteiger partial charge is 0.388 e. The molecule has 4 heteroatoms. The molecule has 0 aliphatic heterocycles. The Hall–Kier alpha value is -1.94. The number of hydrogen-bond donors (Lipinski definition) is 2. The first-order valence-corrected chi connectivity index (χ1v) is 7.45. The third-order valence-electron chi connectivity index (χ3n) is 3.38. The van der Waals surface area contributed by atoms with Crippen molar-refractivity contribution in [2.75, 3.05) is 5.32 Å². The zero-order valence-electron chi connectivity index (χ0n) is 12.5. The van der Waals surface area contributed by atoms with Crippen LogP contribution in [0.1, 0.15) is 31.5 Å². The highest BCUT2D eigenvalue weighted by Crippen LogP contribution is 2.20. The lowest BCUT2D eigenvalue weighted by molar-refractivity contribution is 0.518. The van der Waals surface area contributed by atoms with Crippen LogP contribution in [-0.2, 0) is 6.42 Å². The van der Waals surface area contributed by atoms with E-state index in [1.165, 1.54) is 5.56 Å². The van der Waals surface area contributed by atoms with Gasteiger partial charge in [-0.2, -0.15) is 0 Å². The van der Waals surface area contributed by atoms with Gasteiger partial charge in [0.05, 0.1) is 5.69 Å². The molecular weight excluding hydrogens is 278 g/mol. The van der Waals surface area contributed by atoms with E-state index in [0.717, 1.165) is 18.5 Å². The zero-order chi connectivity index (χ0) is 15.3. The first-order chi connectivity index (χ1) is 9.96. The van der Waals surface area contributed by atoms with Gasteiger partial charge < -0.3 is 11.1 Å². The lowest BCUT2D eigenvalue weighted by atomic mass is 9.95. The van der Waals surface area contributed by atoms with E-state index in [4.69, 9.17) is 18.0 Å². The number of aryl methyl sites for hydroxylation is 1. The van der Waals surface area contributed by atoms with E-state index < -0.39 is 0 Å². The molecule has 0 radical (unpaired) electrons. The summed E-state index contributed by atoms with van der Waals surface area (Å²) in [7, 11) is 0. The molecule has 0 saturated heterocycles. The predicted molar refractivity (Wildman–Crippen MR) is 92.6 cm³/mol. The SMILES string of the molecule is CC(C)(CCc1ccccc1)Nc1ccnc(C(N)=S)c1. The van der Waals surface area contributed by atoms with Gasteiger partial charge in [0.25, 0.3) is 0 Å². The highest BCUT2D eigenvalue weighted by atomic mass is 32.1. The maximum Gasteiger partial charge on any atom is 0.122 e. The molecule has 21 heavy (non-hydrogen) atoms. The number of thiocarbonyl (C=S) groups is 1. The summed E-state index contributed by atoms with van der Waals surface area (Å²) in [6.07, 6.45) is 3.79. The summed E-state index contributed by atoms with van der Waals surface area (Å²) in [5.41, 5.74) is 8.59. The average molecular weight is 299 g/mol. The second-order valence-corrected chi connectivity index (χ2v) is 6.23. The standard InChI is InChI=1S/C17H21N3S/c1-17(2,10-8-13-6-4-3-5-7-13)20-14-9-11-19-15(12-14)16(18)21/h3-7,9,11-12H,8,10H2,1-2H3,(H2,18,21)(H,19,20). The topological polar surface area (TPSA) is 50.9 Å². The van der Waals surface area contributed by atoms with E-state index >= 15 is 0 Å². The molecular formula is C17H21N3S. The molecule has 1 heterocycles. The molecule has 2 rings (SSSR count). The van der Waals surface area contributed by atoms with Crippen LogP contribution in [0, 0.1) is 0 Å². The van der Waals surface area contributed by atoms with Crippen molar-refractivity contribution in [2.24, 2.45) is 5.73 Å². The highest BCUT2D eigenvalue weighted by Gasteiger charge is 2.17. The summed E-state index contributed by atoms with van der Waals surface area (Å²) in [6.45, 7) is 4.38. The number of nitrogens with zero attached hydrogens (tertiary/aromatic N) is 1. The first kappa shape index (κ1) is 15.4. The van der Waals surface area contributed by atoms with Crippen molar-refractivity contribution in [3.8, 4) is 0 Å². The molecule has 0 aliphatic rings. The Morgan fingerprint density at radius 2 is 1.95 bits per heavy atom. The smallest absolute Gasteiger partial charge is 0.122 e. The van der Waals surface area contributed by atoms with Crippen LogP contribution in [0.2, 0.25) is 0 Å². The van der Waals surface area contributed by atoms with Gasteiger partial charge in [-0.25, -0.2) is 0 Å². The number of pyridine rings is 1. The van der Waals surface area contributed by atoms with Gasteiger partial charge in [0, 0.05) is 17.4 Å². The summed E-state index contributed by atoms with van der Waals surface area (Å²) in [4.78, 5) is 4.48. The molecule has 3 N–H and O–H groups in total. The summed E-state index contributed by atoms with van der Waals surface area (Å²) in [6, 6.07) is 14.3. The molecule has 0 saturated carbocycles. The van der Waals surface area contributed by atoms with E-state index in [0.29, 0.717) is 10.7 Å². The Morgan fingerprint density at radius 1 is 1.24 bits per heavy atom. The van der Waals surface area contributed by atoms with Gasteiger partial charge in [0.1, 0.15) is 4.99 Å². The second-order valence-electron chi connectivity index (χ2n) is 5.79. The third kappa shape index (κ3) is 4.83. The maximum absolute atomic E-state index is 5.62. The minimum Gasteiger partial charge on any atom is -0.388 e. The van der Waals surface area contributed by atoms with Crippen molar-refractivity contribution in [3.05, 3.63) is 59.9 Å². The number of rotatable bonds is 6. The quantitative estimate of drug-likeness (QED) is 0.801. The molecule has 0 aliphatic carbocycles. The van der Waals surface area contributed by atoms with Crippen LogP contribution in [-0.4, -0.2) is 15.5 Å². The Morgan fingerprint density at radius 3 is 2.62 bits per heavy atom. The monoisotopic (exact) mass is 299 g/mol. The number of hydrogen-bond acceptors (Lipinski definition) is 3. The zero-order valence-corrected chi connectivity index (χ0v) is 13.3. The van der Waals surface area contributed by atoms with Crippen molar-refractivity contribution in [1.82, 2.24) is 4.98 Å². The highest BCUT2D eigenvalue weighted by molar-refractivity contribution is 7.80. The fourth-order valence-corrected chi connectivity index (χ4v) is 2.31. The molecule has 2 aromatic rings. The van der Waals surface area contributed by atoms with E-state index in [9.17, 15) is 0 Å². The van der Waals surface area contributed by atoms with E-state index in [-0.39, 0.29) is 5.54 Å². The van der Waals surface area contributed by atoms with Crippen LogP contribution in [0.15, 0.2) is 48.7 Å². The fourth-order valence-electron chi connectivity index (χ4n) is 2.20. The van der Waals surface area contributed by atoms with Crippen molar-refractivity contribution in [2.45, 2.75) is 32.2 Å². The number of nitrogens with one attached hydrogen (secondary N) is 1. The van der Waals surface area contributed by atoms with Gasteiger partial charge >= 0.3 is 0 Å². The Labute approximate surface area is 131 Å². The fraction of sp³-hybridized carbons (Fsp3) is 0.294. The van der Waals surface area contributed by atoms with Crippen molar-refractivity contribution in [3.63, 3.8) is 0 Å². The Bertz CT molecular complexity index is 608. The van der Waals surface area contributed by atoms with Gasteiger partial charge in [-0.3, -0.25) is 4.98 Å². The summed E-state index contributed by atoms with van der Waals surface area (Å²) in [5, 5.41) is 3.53. The predicted octanol–water partition coefficient (Wildman–Crippen LogP) is 3.54. The van der Waals surface area contributed by atoms with Gasteiger partial charge in [-0.15, -0.1) is 0 Å². The van der Waals surface area contributed by atoms with Crippen molar-refractivity contribution < 1.29 is 0 Å². The Kier molecular flexibility index (Phi) is 4.91. The van der Waals surface area contributed by atoms with E-state index in [1.807, 2.05) is 18.2 Å². The lowest BCUT2D eigenvalue weighted by Gasteiger charge is -2.28. The van der Waals surface area contributed by atoms with E-state index in [2.05, 4.69) is 48.4 Å². The third-order valence-corrected chi connectivity index (χ3v) is 3.59. The van der Waals surface area contributed by atoms with Gasteiger partial charge in [0.2, 0.25) is 0 Å². The van der Waals surface area contributed by atoms with Crippen molar-refractivity contribution in [1.29, 1.82) is 0 Å². The maximum atomic E-state index is 5.62. The van der Waals surface area contributed by atoms with E-state index in [1.54, 1.807) is 6.20 Å². The van der Waals surface area contributed by atoms with Crippen LogP contribution < -0.4 is 11.1 Å². The number of benzene rings is 1. The van der Waals surface area contributed by atoms with Gasteiger partial charge in [-0.1, -0.05) is 42.5 Å². The molecule has 0 atom stereocenters. The summed E-state index contributed by atoms with van der Waals surface area (Å²) < 4.78 is 0. The minimum absolute atomic E-state index is 0.0231. The molecule has 0 spiro atoms. The molecule has 110 valence electrons. The van der Waals surface area contributed by atoms with Gasteiger partial charge in [0.15, 0.2) is 0 Å². The van der Waals surface area contributed by atoms with Crippen LogP contribution in [0.25, 0.3) is 0 Å². The average Bonchev–Trinajstić information content (AvgIpc) is 2.46. The van der Waals surface area contributed by atoms with Crippen LogP contribution in [0.4, 0.5) is 5.69 Å². The number of aromatic nitrogens is 1.